The molecule has 0 amide bonds. The van der Waals surface area contributed by atoms with Crippen LogP contribution in [0, 0.1) is 0 Å². The molecule has 0 saturated carbocycles. The van der Waals surface area contributed by atoms with E-state index in [0.29, 0.717) is 0 Å². The second kappa shape index (κ2) is 7.62. The Labute approximate surface area is 95.4 Å². The average molecular weight is 235 g/mol. The van der Waals surface area contributed by atoms with Gasteiger partial charge in [0.1, 0.15) is 21.3 Å². The quantitative estimate of drug-likeness (QED) is 0.594. The summed E-state index contributed by atoms with van der Waals surface area (Å²) in [6, 6.07) is 9.44. The lowest BCUT2D eigenvalue weighted by Crippen LogP contribution is -2.40. The summed E-state index contributed by atoms with van der Waals surface area (Å²) in [4.78, 5) is 13.9. The lowest BCUT2D eigenvalue weighted by molar-refractivity contribution is -1.35. The number of nitrogens with zero attached hydrogens (tertiary/aromatic N) is 1. The third-order valence-corrected chi connectivity index (χ3v) is 1.98. The molecule has 0 N–H and O–H groups in total. The number of halogens is 1. The van der Waals surface area contributed by atoms with Crippen molar-refractivity contribution in [2.75, 3.05) is 28.4 Å². The van der Waals surface area contributed by atoms with Crippen LogP contribution in [0.4, 0.5) is 0 Å². The van der Waals surface area contributed by atoms with E-state index in [4.69, 9.17) is 26.1 Å². The molecule has 0 aliphatic heterocycles. The van der Waals surface area contributed by atoms with Gasteiger partial charge in [0.15, 0.2) is 7.05 Å². The van der Waals surface area contributed by atoms with Crippen LogP contribution in [0.25, 0.3) is 0 Å². The normalized spacial score (nSPS) is 10.5. The van der Waals surface area contributed by atoms with Gasteiger partial charge in [0, 0.05) is 5.02 Å². The van der Waals surface area contributed by atoms with Crippen molar-refractivity contribution in [3.05, 3.63) is 35.4 Å². The standard InChI is InChI=1S/C6H5Cl.C4H12NO3/c7-6-4-2-1-3-5-6;1-5(6-2,7-3)8-4/h1-5H;1-4H3/q;+1. The van der Waals surface area contributed by atoms with Crippen LogP contribution in [0.5, 0.6) is 0 Å². The fourth-order valence-corrected chi connectivity index (χ4v) is 0.784. The lowest BCUT2D eigenvalue weighted by atomic mass is 10.4. The summed E-state index contributed by atoms with van der Waals surface area (Å²) in [6.07, 6.45) is 0. The number of quaternary nitrogens is 1. The minimum Gasteiger partial charge on any atom is -0.135 e. The zero-order chi connectivity index (χ0) is 11.7. The smallest absolute Gasteiger partial charge is 0.135 e. The fourth-order valence-electron chi connectivity index (χ4n) is 0.638. The molecule has 1 aromatic rings. The van der Waals surface area contributed by atoms with E-state index in [9.17, 15) is 0 Å². The Hall–Kier alpha value is -0.650. The Kier molecular flexibility index (Phi) is 7.29. The van der Waals surface area contributed by atoms with Gasteiger partial charge in [-0.15, -0.1) is 14.5 Å². The molecule has 0 unspecified atom stereocenters. The summed E-state index contributed by atoms with van der Waals surface area (Å²) in [6.45, 7) is 0. The van der Waals surface area contributed by atoms with Crippen LogP contribution < -0.4 is 0 Å². The maximum atomic E-state index is 5.54. The van der Waals surface area contributed by atoms with Gasteiger partial charge in [-0.25, -0.2) is 0 Å². The van der Waals surface area contributed by atoms with Gasteiger partial charge in [-0.1, -0.05) is 29.8 Å². The number of hydrogen-bond acceptors (Lipinski definition) is 3. The van der Waals surface area contributed by atoms with E-state index in [1.807, 2.05) is 30.3 Å². The van der Waals surface area contributed by atoms with E-state index in [1.165, 1.54) is 21.3 Å². The first-order chi connectivity index (χ1) is 7.08. The van der Waals surface area contributed by atoms with Gasteiger partial charge in [-0.2, -0.15) is 0 Å². The summed E-state index contributed by atoms with van der Waals surface area (Å²) in [7, 11) is 6.10. The van der Waals surface area contributed by atoms with Crippen molar-refractivity contribution in [3.8, 4) is 0 Å². The van der Waals surface area contributed by atoms with E-state index in [2.05, 4.69) is 0 Å². The minimum absolute atomic E-state index is 0.292. The molecule has 0 bridgehead atoms. The third kappa shape index (κ3) is 6.43. The summed E-state index contributed by atoms with van der Waals surface area (Å²) >= 11 is 5.54. The first kappa shape index (κ1) is 14.3. The average Bonchev–Trinajstić information content (AvgIpc) is 2.30. The summed E-state index contributed by atoms with van der Waals surface area (Å²) in [5.41, 5.74) is 0. The molecule has 1 aromatic carbocycles. The highest BCUT2D eigenvalue weighted by Gasteiger charge is 2.20. The predicted octanol–water partition coefficient (Wildman–Crippen LogP) is 2.46. The molecule has 0 aliphatic rings. The van der Waals surface area contributed by atoms with Crippen molar-refractivity contribution >= 4 is 11.6 Å². The molecule has 0 radical (unpaired) electrons. The molecule has 0 fully saturated rings. The molecular weight excluding hydrogens is 218 g/mol. The van der Waals surface area contributed by atoms with Gasteiger partial charge in [0.05, 0.1) is 4.97 Å². The van der Waals surface area contributed by atoms with Crippen molar-refractivity contribution in [2.45, 2.75) is 0 Å². The van der Waals surface area contributed by atoms with Crippen LogP contribution in [0.3, 0.4) is 0 Å². The Morgan fingerprint density at radius 3 is 1.47 bits per heavy atom. The van der Waals surface area contributed by atoms with Crippen molar-refractivity contribution in [1.29, 1.82) is 0 Å². The van der Waals surface area contributed by atoms with Crippen LogP contribution in [-0.2, 0) is 14.5 Å². The first-order valence-corrected chi connectivity index (χ1v) is 4.70. The molecule has 0 spiro atoms. The highest BCUT2D eigenvalue weighted by atomic mass is 35.5. The molecule has 1 rings (SSSR count). The number of hydroxylamine groups is 3. The molecule has 0 atom stereocenters. The van der Waals surface area contributed by atoms with Crippen molar-refractivity contribution in [1.82, 2.24) is 0 Å². The largest absolute Gasteiger partial charge is 0.168 e. The van der Waals surface area contributed by atoms with Gasteiger partial charge >= 0.3 is 0 Å². The lowest BCUT2D eigenvalue weighted by Gasteiger charge is -2.19. The molecule has 0 aliphatic carbocycles. The molecule has 15 heavy (non-hydrogen) atoms. The van der Waals surface area contributed by atoms with Gasteiger partial charge in [0.2, 0.25) is 0 Å². The predicted molar refractivity (Wildman–Crippen MR) is 58.7 cm³/mol. The molecular formula is C10H17ClNO3+. The molecule has 0 saturated heterocycles. The van der Waals surface area contributed by atoms with E-state index in [0.717, 1.165) is 5.02 Å². The highest BCUT2D eigenvalue weighted by Crippen LogP contribution is 2.03. The fraction of sp³-hybridized carbons (Fsp3) is 0.400. The van der Waals surface area contributed by atoms with Crippen LogP contribution in [0.15, 0.2) is 30.3 Å². The van der Waals surface area contributed by atoms with Gasteiger partial charge in [0.25, 0.3) is 0 Å². The molecule has 0 heterocycles. The summed E-state index contributed by atoms with van der Waals surface area (Å²) in [5, 5.41) is 0.794. The highest BCUT2D eigenvalue weighted by molar-refractivity contribution is 6.30. The van der Waals surface area contributed by atoms with Crippen molar-refractivity contribution < 1.29 is 19.5 Å². The Morgan fingerprint density at radius 1 is 0.933 bits per heavy atom. The summed E-state index contributed by atoms with van der Waals surface area (Å²) < 4.78 is 0. The number of rotatable bonds is 3. The zero-order valence-corrected chi connectivity index (χ0v) is 10.2. The topological polar surface area (TPSA) is 27.7 Å². The van der Waals surface area contributed by atoms with Gasteiger partial charge in [-0.3, -0.25) is 0 Å². The first-order valence-electron chi connectivity index (χ1n) is 4.32. The van der Waals surface area contributed by atoms with E-state index >= 15 is 0 Å². The van der Waals surface area contributed by atoms with Crippen molar-refractivity contribution in [3.63, 3.8) is 0 Å². The summed E-state index contributed by atoms with van der Waals surface area (Å²) in [5.74, 6) is 0. The van der Waals surface area contributed by atoms with Crippen LogP contribution in [0.2, 0.25) is 5.02 Å². The second-order valence-corrected chi connectivity index (χ2v) is 3.05. The number of benzene rings is 1. The maximum Gasteiger partial charge on any atom is 0.168 e. The van der Waals surface area contributed by atoms with Crippen LogP contribution in [0.1, 0.15) is 0 Å². The Bertz CT molecular complexity index is 244. The van der Waals surface area contributed by atoms with Crippen LogP contribution >= 0.6 is 11.6 Å². The maximum absolute atomic E-state index is 5.54. The monoisotopic (exact) mass is 234 g/mol. The molecule has 86 valence electrons. The number of hydrogen-bond donors (Lipinski definition) is 0. The molecule has 0 aromatic heterocycles. The Balaban J connectivity index is 0.000000262. The second-order valence-electron chi connectivity index (χ2n) is 2.61. The SMILES string of the molecule is CO[N+](C)(OC)OC.Clc1ccccc1. The van der Waals surface area contributed by atoms with Gasteiger partial charge in [-0.05, 0) is 12.1 Å². The van der Waals surface area contributed by atoms with Crippen LogP contribution in [-0.4, -0.2) is 33.4 Å². The van der Waals surface area contributed by atoms with E-state index in [-0.39, 0.29) is 4.97 Å². The zero-order valence-electron chi connectivity index (χ0n) is 9.44. The Morgan fingerprint density at radius 2 is 1.33 bits per heavy atom. The molecule has 5 heteroatoms. The minimum atomic E-state index is -0.292. The third-order valence-electron chi connectivity index (χ3n) is 1.73. The van der Waals surface area contributed by atoms with E-state index in [1.54, 1.807) is 7.05 Å². The molecule has 4 nitrogen and oxygen atoms in total. The van der Waals surface area contributed by atoms with Gasteiger partial charge < -0.3 is 0 Å². The van der Waals surface area contributed by atoms with Crippen molar-refractivity contribution in [2.24, 2.45) is 0 Å². The van der Waals surface area contributed by atoms with E-state index < -0.39 is 0 Å².